The lowest BCUT2D eigenvalue weighted by Gasteiger charge is -2.36. The van der Waals surface area contributed by atoms with E-state index in [1.54, 1.807) is 35.5 Å². The largest absolute Gasteiger partial charge is 0.444 e. The third-order valence-corrected chi connectivity index (χ3v) is 6.29. The topological polar surface area (TPSA) is 113 Å². The summed E-state index contributed by atoms with van der Waals surface area (Å²) in [6, 6.07) is 9.07. The Morgan fingerprint density at radius 3 is 2.40 bits per heavy atom. The van der Waals surface area contributed by atoms with Crippen LogP contribution in [0.5, 0.6) is 0 Å². The fourth-order valence-corrected chi connectivity index (χ4v) is 4.23. The van der Waals surface area contributed by atoms with E-state index in [0.717, 1.165) is 11.9 Å². The van der Waals surface area contributed by atoms with Gasteiger partial charge in [0.1, 0.15) is 22.9 Å². The van der Waals surface area contributed by atoms with Crippen LogP contribution in [-0.2, 0) is 4.74 Å². The molecule has 11 nitrogen and oxygen atoms in total. The van der Waals surface area contributed by atoms with Crippen molar-refractivity contribution in [2.75, 3.05) is 55.4 Å². The van der Waals surface area contributed by atoms with Gasteiger partial charge < -0.3 is 24.8 Å². The van der Waals surface area contributed by atoms with E-state index in [0.29, 0.717) is 54.4 Å². The fraction of sp³-hybridized carbons (Fsp3) is 0.357. The number of hydrogen-bond acceptors (Lipinski definition) is 10. The van der Waals surface area contributed by atoms with Crippen molar-refractivity contribution in [2.24, 2.45) is 0 Å². The molecule has 12 heteroatoms. The Hall–Kier alpha value is -4.61. The molecule has 40 heavy (non-hydrogen) atoms. The van der Waals surface area contributed by atoms with E-state index in [1.165, 1.54) is 0 Å². The molecule has 5 rings (SSSR count). The molecule has 4 heterocycles. The Balaban J connectivity index is 1.26. The van der Waals surface area contributed by atoms with Crippen molar-refractivity contribution in [1.29, 1.82) is 0 Å². The minimum absolute atomic E-state index is 0.149. The standard InChI is InChI=1S/C28H32FN9O2/c1-28(2,3)40-27(39)38-12-10-37(11-13-38)19-7-9-23(31-15-19)34-26-32-16-20(29)25(35-26)18-6-8-21-22(14-18)33-24(17-30-21)36(4)5/h6-9,14-17H,10-13H2,1-5H3,(H,31,32,34,35). The number of ether oxygens (including phenoxy) is 1. The Kier molecular flexibility index (Phi) is 7.33. The summed E-state index contributed by atoms with van der Waals surface area (Å²) in [7, 11) is 3.77. The highest BCUT2D eigenvalue weighted by molar-refractivity contribution is 5.81. The van der Waals surface area contributed by atoms with Crippen molar-refractivity contribution < 1.29 is 13.9 Å². The maximum atomic E-state index is 14.8. The minimum Gasteiger partial charge on any atom is -0.444 e. The van der Waals surface area contributed by atoms with Crippen LogP contribution in [0.4, 0.5) is 32.5 Å². The number of piperazine rings is 1. The van der Waals surface area contributed by atoms with Crippen LogP contribution in [-0.4, -0.2) is 81.8 Å². The van der Waals surface area contributed by atoms with Crippen LogP contribution in [0.1, 0.15) is 20.8 Å². The molecule has 1 aromatic carbocycles. The van der Waals surface area contributed by atoms with Gasteiger partial charge in [0, 0.05) is 45.8 Å². The molecule has 0 atom stereocenters. The van der Waals surface area contributed by atoms with E-state index in [2.05, 4.69) is 35.1 Å². The van der Waals surface area contributed by atoms with Gasteiger partial charge in [0.05, 0.1) is 35.3 Å². The van der Waals surface area contributed by atoms with Gasteiger partial charge in [-0.2, -0.15) is 0 Å². The molecule has 1 saturated heterocycles. The Morgan fingerprint density at radius 2 is 1.73 bits per heavy atom. The summed E-state index contributed by atoms with van der Waals surface area (Å²) >= 11 is 0. The van der Waals surface area contributed by atoms with Gasteiger partial charge in [0.15, 0.2) is 5.82 Å². The van der Waals surface area contributed by atoms with Crippen LogP contribution in [0.25, 0.3) is 22.3 Å². The minimum atomic E-state index is -0.546. The maximum Gasteiger partial charge on any atom is 0.410 e. The first-order valence-electron chi connectivity index (χ1n) is 13.0. The quantitative estimate of drug-likeness (QED) is 0.385. The van der Waals surface area contributed by atoms with Crippen LogP contribution in [0, 0.1) is 5.82 Å². The number of fused-ring (bicyclic) bond motifs is 1. The molecule has 1 aliphatic heterocycles. The van der Waals surface area contributed by atoms with E-state index >= 15 is 0 Å². The highest BCUT2D eigenvalue weighted by Crippen LogP contribution is 2.26. The molecule has 1 amide bonds. The highest BCUT2D eigenvalue weighted by atomic mass is 19.1. The number of nitrogens with one attached hydrogen (secondary N) is 1. The SMILES string of the molecule is CN(C)c1cnc2ccc(-c3nc(Nc4ccc(N5CCN(C(=O)OC(C)(C)C)CC5)cn4)ncc3F)cc2n1. The molecule has 0 radical (unpaired) electrons. The van der Waals surface area contributed by atoms with Gasteiger partial charge in [-0.3, -0.25) is 4.98 Å². The summed E-state index contributed by atoms with van der Waals surface area (Å²) in [5.74, 6) is 0.898. The second-order valence-corrected chi connectivity index (χ2v) is 10.7. The van der Waals surface area contributed by atoms with E-state index in [-0.39, 0.29) is 17.7 Å². The molecule has 0 bridgehead atoms. The summed E-state index contributed by atoms with van der Waals surface area (Å²) in [6.07, 6.45) is 4.28. The van der Waals surface area contributed by atoms with Crippen molar-refractivity contribution in [3.63, 3.8) is 0 Å². The number of hydrogen-bond donors (Lipinski definition) is 1. The Labute approximate surface area is 232 Å². The number of nitrogens with zero attached hydrogens (tertiary/aromatic N) is 8. The summed E-state index contributed by atoms with van der Waals surface area (Å²) in [5.41, 5.74) is 2.48. The second kappa shape index (κ2) is 10.9. The zero-order chi connectivity index (χ0) is 28.4. The van der Waals surface area contributed by atoms with Crippen LogP contribution in [0.15, 0.2) is 48.9 Å². The molecule has 3 aromatic heterocycles. The van der Waals surface area contributed by atoms with Gasteiger partial charge in [-0.1, -0.05) is 6.07 Å². The zero-order valence-corrected chi connectivity index (χ0v) is 23.2. The van der Waals surface area contributed by atoms with E-state index < -0.39 is 11.4 Å². The van der Waals surface area contributed by atoms with Crippen molar-refractivity contribution in [2.45, 2.75) is 26.4 Å². The fourth-order valence-electron chi connectivity index (χ4n) is 4.23. The summed E-state index contributed by atoms with van der Waals surface area (Å²) in [6.45, 7) is 8.06. The number of halogens is 1. The van der Waals surface area contributed by atoms with E-state index in [1.807, 2.05) is 51.9 Å². The molecule has 4 aromatic rings. The molecular formula is C28H32FN9O2. The molecule has 208 valence electrons. The summed E-state index contributed by atoms with van der Waals surface area (Å²) < 4.78 is 20.2. The molecule has 0 aliphatic carbocycles. The monoisotopic (exact) mass is 545 g/mol. The number of benzene rings is 1. The Morgan fingerprint density at radius 1 is 0.950 bits per heavy atom. The number of rotatable bonds is 5. The maximum absolute atomic E-state index is 14.8. The average molecular weight is 546 g/mol. The molecule has 0 spiro atoms. The first kappa shape index (κ1) is 27.0. The smallest absolute Gasteiger partial charge is 0.410 e. The number of carbonyl (C=O) groups is 1. The first-order chi connectivity index (χ1) is 19.1. The van der Waals surface area contributed by atoms with E-state index in [4.69, 9.17) is 4.74 Å². The summed E-state index contributed by atoms with van der Waals surface area (Å²) in [4.78, 5) is 40.1. The molecular weight excluding hydrogens is 513 g/mol. The van der Waals surface area contributed by atoms with Gasteiger partial charge in [0.2, 0.25) is 5.95 Å². The zero-order valence-electron chi connectivity index (χ0n) is 23.2. The number of pyridine rings is 1. The van der Waals surface area contributed by atoms with Crippen molar-refractivity contribution in [3.8, 4) is 11.3 Å². The van der Waals surface area contributed by atoms with Crippen molar-refractivity contribution >= 4 is 40.4 Å². The third-order valence-electron chi connectivity index (χ3n) is 6.29. The lowest BCUT2D eigenvalue weighted by Crippen LogP contribution is -2.50. The third kappa shape index (κ3) is 6.16. The van der Waals surface area contributed by atoms with Crippen LogP contribution in [0.2, 0.25) is 0 Å². The number of anilines is 4. The normalized spacial score (nSPS) is 13.8. The highest BCUT2D eigenvalue weighted by Gasteiger charge is 2.26. The Bertz CT molecular complexity index is 1510. The number of carbonyl (C=O) groups excluding carboxylic acids is 1. The van der Waals surface area contributed by atoms with Gasteiger partial charge in [-0.15, -0.1) is 0 Å². The van der Waals surface area contributed by atoms with Crippen molar-refractivity contribution in [3.05, 3.63) is 54.7 Å². The summed E-state index contributed by atoms with van der Waals surface area (Å²) in [5, 5.41) is 3.05. The molecule has 1 fully saturated rings. The molecule has 1 N–H and O–H groups in total. The van der Waals surface area contributed by atoms with Gasteiger partial charge in [0.25, 0.3) is 0 Å². The van der Waals surface area contributed by atoms with Gasteiger partial charge in [-0.25, -0.2) is 29.1 Å². The molecule has 0 saturated carbocycles. The predicted octanol–water partition coefficient (Wildman–Crippen LogP) is 4.49. The molecule has 1 aliphatic rings. The lowest BCUT2D eigenvalue weighted by atomic mass is 10.1. The number of aromatic nitrogens is 5. The van der Waals surface area contributed by atoms with Crippen LogP contribution >= 0.6 is 0 Å². The van der Waals surface area contributed by atoms with Crippen molar-refractivity contribution in [1.82, 2.24) is 29.8 Å². The first-order valence-corrected chi connectivity index (χ1v) is 13.0. The predicted molar refractivity (Wildman–Crippen MR) is 152 cm³/mol. The van der Waals surface area contributed by atoms with Crippen LogP contribution < -0.4 is 15.1 Å². The van der Waals surface area contributed by atoms with Crippen LogP contribution in [0.3, 0.4) is 0 Å². The second-order valence-electron chi connectivity index (χ2n) is 10.7. The van der Waals surface area contributed by atoms with E-state index in [9.17, 15) is 9.18 Å². The average Bonchev–Trinajstić information content (AvgIpc) is 2.93. The number of amides is 1. The van der Waals surface area contributed by atoms with Gasteiger partial charge in [-0.05, 0) is 45.0 Å². The van der Waals surface area contributed by atoms with Gasteiger partial charge >= 0.3 is 6.09 Å². The molecule has 0 unspecified atom stereocenters. The lowest BCUT2D eigenvalue weighted by molar-refractivity contribution is 0.0240.